The minimum absolute atomic E-state index is 0.0548. The topological polar surface area (TPSA) is 90.1 Å². The number of nitrogens with zero attached hydrogens (tertiary/aromatic N) is 3. The highest BCUT2D eigenvalue weighted by atomic mass is 19.1. The second-order valence-electron chi connectivity index (χ2n) is 5.23. The number of rotatable bonds is 6. The van der Waals surface area contributed by atoms with Crippen LogP contribution in [-0.4, -0.2) is 20.4 Å². The van der Waals surface area contributed by atoms with Gasteiger partial charge in [-0.3, -0.25) is 9.36 Å². The Hall–Kier alpha value is -2.84. The number of benzene rings is 1. The molecule has 0 saturated heterocycles. The maximum atomic E-state index is 13.8. The molecule has 1 aromatic carbocycles. The molecule has 1 aromatic heterocycles. The average Bonchev–Trinajstić information content (AvgIpc) is 2.89. The zero-order valence-corrected chi connectivity index (χ0v) is 13.1. The first-order valence-corrected chi connectivity index (χ1v) is 7.24. The van der Waals surface area contributed by atoms with E-state index >= 15 is 0 Å². The van der Waals surface area contributed by atoms with Crippen LogP contribution >= 0.6 is 0 Å². The Balaban J connectivity index is 2.12. The Morgan fingerprint density at radius 1 is 1.46 bits per heavy atom. The van der Waals surface area contributed by atoms with E-state index in [1.54, 1.807) is 6.92 Å². The molecule has 0 aliphatic rings. The average molecular weight is 338 g/mol. The molecular formula is C15H16F2N4O3. The van der Waals surface area contributed by atoms with Crippen LogP contribution < -0.4 is 5.32 Å². The number of halogens is 2. The smallest absolute Gasteiger partial charge is 0.358 e. The second-order valence-corrected chi connectivity index (χ2v) is 5.23. The number of imidazole rings is 1. The third kappa shape index (κ3) is 3.92. The molecule has 0 spiro atoms. The molecule has 0 aliphatic heterocycles. The van der Waals surface area contributed by atoms with E-state index in [4.69, 9.17) is 0 Å². The summed E-state index contributed by atoms with van der Waals surface area (Å²) in [4.78, 5) is 25.9. The maximum Gasteiger partial charge on any atom is 0.381 e. The highest BCUT2D eigenvalue weighted by molar-refractivity contribution is 5.76. The fourth-order valence-electron chi connectivity index (χ4n) is 2.32. The summed E-state index contributed by atoms with van der Waals surface area (Å²) in [5.41, 5.74) is 0.0548. The number of aryl methyl sites for hydroxylation is 1. The van der Waals surface area contributed by atoms with Crippen molar-refractivity contribution in [2.45, 2.75) is 32.9 Å². The van der Waals surface area contributed by atoms with Crippen LogP contribution in [0.5, 0.6) is 0 Å². The predicted octanol–water partition coefficient (Wildman–Crippen LogP) is 2.65. The van der Waals surface area contributed by atoms with Crippen LogP contribution in [-0.2, 0) is 11.3 Å². The monoisotopic (exact) mass is 338 g/mol. The van der Waals surface area contributed by atoms with Crippen molar-refractivity contribution in [1.29, 1.82) is 0 Å². The van der Waals surface area contributed by atoms with Crippen molar-refractivity contribution in [3.05, 3.63) is 57.5 Å². The molecule has 0 saturated carbocycles. The van der Waals surface area contributed by atoms with E-state index < -0.39 is 28.5 Å². The van der Waals surface area contributed by atoms with E-state index in [1.807, 2.05) is 0 Å². The Morgan fingerprint density at radius 3 is 2.75 bits per heavy atom. The van der Waals surface area contributed by atoms with E-state index in [0.717, 1.165) is 24.4 Å². The molecule has 1 amide bonds. The molecule has 2 aromatic rings. The van der Waals surface area contributed by atoms with Gasteiger partial charge in [0, 0.05) is 12.5 Å². The fourth-order valence-corrected chi connectivity index (χ4v) is 2.32. The molecular weight excluding hydrogens is 322 g/mol. The fraction of sp³-hybridized carbons (Fsp3) is 0.333. The first kappa shape index (κ1) is 17.5. The number of nitro groups is 1. The van der Waals surface area contributed by atoms with Crippen molar-refractivity contribution in [3.8, 4) is 0 Å². The van der Waals surface area contributed by atoms with Crippen LogP contribution in [0.4, 0.5) is 14.6 Å². The van der Waals surface area contributed by atoms with E-state index in [1.165, 1.54) is 11.5 Å². The zero-order valence-electron chi connectivity index (χ0n) is 13.1. The minimum Gasteiger partial charge on any atom is -0.358 e. The lowest BCUT2D eigenvalue weighted by Crippen LogP contribution is -2.32. The third-order valence-corrected chi connectivity index (χ3v) is 3.54. The lowest BCUT2D eigenvalue weighted by Gasteiger charge is -2.18. The van der Waals surface area contributed by atoms with Crippen LogP contribution in [0.25, 0.3) is 0 Å². The SMILES string of the molecule is CC[C@H](NC(=O)Cn1cc([N+](=O)[O-])nc1C)c1cc(F)ccc1F. The number of hydrogen-bond acceptors (Lipinski definition) is 4. The molecule has 0 radical (unpaired) electrons. The molecule has 9 heteroatoms. The molecule has 24 heavy (non-hydrogen) atoms. The van der Waals surface area contributed by atoms with Gasteiger partial charge in [0.25, 0.3) is 0 Å². The number of hydrogen-bond donors (Lipinski definition) is 1. The summed E-state index contributed by atoms with van der Waals surface area (Å²) in [5, 5.41) is 13.3. The van der Waals surface area contributed by atoms with Gasteiger partial charge in [0.05, 0.1) is 6.04 Å². The molecule has 0 unspecified atom stereocenters. The van der Waals surface area contributed by atoms with Gasteiger partial charge in [0.1, 0.15) is 24.4 Å². The lowest BCUT2D eigenvalue weighted by atomic mass is 10.0. The summed E-state index contributed by atoms with van der Waals surface area (Å²) < 4.78 is 28.5. The van der Waals surface area contributed by atoms with Crippen molar-refractivity contribution in [2.24, 2.45) is 0 Å². The standard InChI is InChI=1S/C15H16F2N4O3/c1-3-13(11-6-10(16)4-5-12(11)17)19-15(22)8-20-7-14(21(23)24)18-9(20)2/h4-7,13H,3,8H2,1-2H3,(H,19,22)/t13-/m0/s1. The number of amides is 1. The summed E-state index contributed by atoms with van der Waals surface area (Å²) in [6, 6.07) is 2.34. The van der Waals surface area contributed by atoms with E-state index in [9.17, 15) is 23.7 Å². The number of nitrogens with one attached hydrogen (secondary N) is 1. The molecule has 0 bridgehead atoms. The lowest BCUT2D eigenvalue weighted by molar-refractivity contribution is -0.389. The summed E-state index contributed by atoms with van der Waals surface area (Å²) in [6.07, 6.45) is 1.51. The number of aromatic nitrogens is 2. The maximum absolute atomic E-state index is 13.8. The van der Waals surface area contributed by atoms with E-state index in [0.29, 0.717) is 12.2 Å². The highest BCUT2D eigenvalue weighted by Crippen LogP contribution is 2.21. The first-order valence-electron chi connectivity index (χ1n) is 7.24. The van der Waals surface area contributed by atoms with Gasteiger partial charge in [-0.2, -0.15) is 0 Å². The summed E-state index contributed by atoms with van der Waals surface area (Å²) in [5.74, 6) is -1.75. The van der Waals surface area contributed by atoms with Crippen LogP contribution in [0.2, 0.25) is 0 Å². The molecule has 1 N–H and O–H groups in total. The Kier molecular flexibility index (Phi) is 5.22. The Bertz CT molecular complexity index is 776. The second kappa shape index (κ2) is 7.16. The molecule has 128 valence electrons. The summed E-state index contributed by atoms with van der Waals surface area (Å²) in [7, 11) is 0. The molecule has 1 heterocycles. The predicted molar refractivity (Wildman–Crippen MR) is 81.2 cm³/mol. The quantitative estimate of drug-likeness (QED) is 0.647. The van der Waals surface area contributed by atoms with Gasteiger partial charge < -0.3 is 15.4 Å². The first-order chi connectivity index (χ1) is 11.3. The minimum atomic E-state index is -0.702. The van der Waals surface area contributed by atoms with Gasteiger partial charge in [-0.15, -0.1) is 0 Å². The largest absolute Gasteiger partial charge is 0.381 e. The van der Waals surface area contributed by atoms with Gasteiger partial charge in [-0.1, -0.05) is 6.92 Å². The van der Waals surface area contributed by atoms with Gasteiger partial charge in [0.15, 0.2) is 0 Å². The number of carbonyl (C=O) groups is 1. The van der Waals surface area contributed by atoms with Gasteiger partial charge in [-0.05, 0) is 34.5 Å². The van der Waals surface area contributed by atoms with Crippen LogP contribution in [0.15, 0.2) is 24.4 Å². The molecule has 0 aliphatic carbocycles. The summed E-state index contributed by atoms with van der Waals surface area (Å²) in [6.45, 7) is 3.05. The van der Waals surface area contributed by atoms with E-state index in [-0.39, 0.29) is 17.9 Å². The molecule has 7 nitrogen and oxygen atoms in total. The van der Waals surface area contributed by atoms with Crippen molar-refractivity contribution in [3.63, 3.8) is 0 Å². The number of carbonyl (C=O) groups excluding carboxylic acids is 1. The van der Waals surface area contributed by atoms with E-state index in [2.05, 4.69) is 10.3 Å². The van der Waals surface area contributed by atoms with Crippen LogP contribution in [0, 0.1) is 28.7 Å². The Labute approximate surface area is 136 Å². The third-order valence-electron chi connectivity index (χ3n) is 3.54. The van der Waals surface area contributed by atoms with Crippen LogP contribution in [0.3, 0.4) is 0 Å². The van der Waals surface area contributed by atoms with Gasteiger partial charge in [0.2, 0.25) is 11.7 Å². The van der Waals surface area contributed by atoms with Crippen molar-refractivity contribution < 1.29 is 18.5 Å². The van der Waals surface area contributed by atoms with Gasteiger partial charge in [-0.25, -0.2) is 8.78 Å². The molecule has 1 atom stereocenters. The molecule has 2 rings (SSSR count). The van der Waals surface area contributed by atoms with Gasteiger partial charge >= 0.3 is 5.82 Å². The summed E-state index contributed by atoms with van der Waals surface area (Å²) >= 11 is 0. The van der Waals surface area contributed by atoms with Crippen molar-refractivity contribution in [2.75, 3.05) is 0 Å². The van der Waals surface area contributed by atoms with Crippen molar-refractivity contribution >= 4 is 11.7 Å². The van der Waals surface area contributed by atoms with Crippen molar-refractivity contribution in [1.82, 2.24) is 14.9 Å². The van der Waals surface area contributed by atoms with Crippen LogP contribution in [0.1, 0.15) is 30.8 Å². The highest BCUT2D eigenvalue weighted by Gasteiger charge is 2.20. The Morgan fingerprint density at radius 2 is 2.17 bits per heavy atom. The molecule has 0 fully saturated rings. The normalized spacial score (nSPS) is 12.0. The zero-order chi connectivity index (χ0) is 17.9.